The summed E-state index contributed by atoms with van der Waals surface area (Å²) in [6.07, 6.45) is 0.644. The van der Waals surface area contributed by atoms with Crippen LogP contribution in [0.4, 0.5) is 16.2 Å². The molecule has 0 bridgehead atoms. The van der Waals surface area contributed by atoms with Crippen LogP contribution in [0.2, 0.25) is 10.0 Å². The molecule has 0 aliphatic rings. The summed E-state index contributed by atoms with van der Waals surface area (Å²) < 4.78 is 0. The van der Waals surface area contributed by atoms with Crippen LogP contribution in [0.3, 0.4) is 0 Å². The lowest BCUT2D eigenvalue weighted by atomic mass is 10.1. The van der Waals surface area contributed by atoms with Crippen LogP contribution >= 0.6 is 23.2 Å². The van der Waals surface area contributed by atoms with Crippen LogP contribution in [0.5, 0.6) is 0 Å². The molecule has 2 rings (SSSR count). The number of urea groups is 1. The Morgan fingerprint density at radius 2 is 1.83 bits per heavy atom. The third-order valence-corrected chi connectivity index (χ3v) is 3.58. The van der Waals surface area contributed by atoms with Crippen LogP contribution in [0.25, 0.3) is 0 Å². The Kier molecular flexibility index (Phi) is 5.78. The van der Waals surface area contributed by atoms with Crippen LogP contribution in [0, 0.1) is 10.1 Å². The van der Waals surface area contributed by atoms with E-state index in [2.05, 4.69) is 10.6 Å². The number of nitrogens with one attached hydrogen (secondary N) is 2. The molecule has 0 saturated carbocycles. The van der Waals surface area contributed by atoms with E-state index in [1.807, 2.05) is 12.1 Å². The smallest absolute Gasteiger partial charge is 0.319 e. The predicted molar refractivity (Wildman–Crippen MR) is 90.3 cm³/mol. The number of nitrogens with zero attached hydrogens (tertiary/aromatic N) is 1. The highest BCUT2D eigenvalue weighted by molar-refractivity contribution is 6.32. The number of hydrogen-bond acceptors (Lipinski definition) is 3. The van der Waals surface area contributed by atoms with Gasteiger partial charge in [0.25, 0.3) is 5.69 Å². The lowest BCUT2D eigenvalue weighted by Gasteiger charge is -2.08. The normalized spacial score (nSPS) is 10.2. The standard InChI is InChI=1S/C15H13Cl2N3O3/c16-11-3-1-10(2-4-11)7-8-18-15(21)19-12-5-6-13(17)14(9-12)20(22)23/h1-6,9H,7-8H2,(H2,18,19,21). The van der Waals surface area contributed by atoms with Crippen molar-refractivity contribution in [2.75, 3.05) is 11.9 Å². The van der Waals surface area contributed by atoms with Crippen LogP contribution in [-0.2, 0) is 6.42 Å². The number of carbonyl (C=O) groups is 1. The largest absolute Gasteiger partial charge is 0.338 e. The molecule has 0 fully saturated rings. The lowest BCUT2D eigenvalue weighted by Crippen LogP contribution is -2.30. The van der Waals surface area contributed by atoms with Gasteiger partial charge in [-0.05, 0) is 36.2 Å². The molecule has 0 spiro atoms. The van der Waals surface area contributed by atoms with E-state index in [4.69, 9.17) is 23.2 Å². The number of benzene rings is 2. The zero-order valence-corrected chi connectivity index (χ0v) is 13.4. The Morgan fingerprint density at radius 1 is 1.13 bits per heavy atom. The molecule has 0 unspecified atom stereocenters. The second kappa shape index (κ2) is 7.80. The van der Waals surface area contributed by atoms with Gasteiger partial charge in [0.15, 0.2) is 0 Å². The minimum Gasteiger partial charge on any atom is -0.338 e. The molecule has 0 aromatic heterocycles. The van der Waals surface area contributed by atoms with Crippen molar-refractivity contribution in [3.63, 3.8) is 0 Å². The molecule has 8 heteroatoms. The summed E-state index contributed by atoms with van der Waals surface area (Å²) in [5.74, 6) is 0. The summed E-state index contributed by atoms with van der Waals surface area (Å²) in [5.41, 5.74) is 1.08. The number of anilines is 1. The lowest BCUT2D eigenvalue weighted by molar-refractivity contribution is -0.384. The molecule has 120 valence electrons. The monoisotopic (exact) mass is 353 g/mol. The minimum absolute atomic E-state index is 0.0173. The van der Waals surface area contributed by atoms with Gasteiger partial charge in [-0.25, -0.2) is 4.79 Å². The molecule has 0 saturated heterocycles. The van der Waals surface area contributed by atoms with Crippen LogP contribution in [0.15, 0.2) is 42.5 Å². The Balaban J connectivity index is 1.86. The zero-order chi connectivity index (χ0) is 16.8. The van der Waals surface area contributed by atoms with Crippen LogP contribution < -0.4 is 10.6 Å². The highest BCUT2D eigenvalue weighted by Crippen LogP contribution is 2.27. The predicted octanol–water partition coefficient (Wildman–Crippen LogP) is 4.27. The molecular formula is C15H13Cl2N3O3. The number of hydrogen-bond donors (Lipinski definition) is 2. The molecule has 6 nitrogen and oxygen atoms in total. The van der Waals surface area contributed by atoms with Gasteiger partial charge in [-0.3, -0.25) is 10.1 Å². The van der Waals surface area contributed by atoms with Crippen molar-refractivity contribution in [2.45, 2.75) is 6.42 Å². The maximum atomic E-state index is 11.8. The summed E-state index contributed by atoms with van der Waals surface area (Å²) in [5, 5.41) is 16.7. The summed E-state index contributed by atoms with van der Waals surface area (Å²) >= 11 is 11.5. The van der Waals surface area contributed by atoms with Gasteiger partial charge in [-0.15, -0.1) is 0 Å². The van der Waals surface area contributed by atoms with Gasteiger partial charge in [0.05, 0.1) is 4.92 Å². The second-order valence-electron chi connectivity index (χ2n) is 4.68. The molecule has 2 amide bonds. The Labute approximate surface area is 142 Å². The average Bonchev–Trinajstić information content (AvgIpc) is 2.51. The molecule has 0 atom stereocenters. The Bertz CT molecular complexity index is 720. The van der Waals surface area contributed by atoms with Gasteiger partial charge >= 0.3 is 6.03 Å². The highest BCUT2D eigenvalue weighted by Gasteiger charge is 2.13. The number of rotatable bonds is 5. The third kappa shape index (κ3) is 5.12. The van der Waals surface area contributed by atoms with Crippen molar-refractivity contribution in [1.82, 2.24) is 5.32 Å². The molecule has 0 aliphatic carbocycles. The van der Waals surface area contributed by atoms with E-state index >= 15 is 0 Å². The van der Waals surface area contributed by atoms with E-state index in [-0.39, 0.29) is 10.7 Å². The molecule has 0 radical (unpaired) electrons. The van der Waals surface area contributed by atoms with Crippen molar-refractivity contribution in [3.05, 3.63) is 68.2 Å². The second-order valence-corrected chi connectivity index (χ2v) is 5.52. The van der Waals surface area contributed by atoms with E-state index < -0.39 is 11.0 Å². The summed E-state index contributed by atoms with van der Waals surface area (Å²) in [4.78, 5) is 22.0. The van der Waals surface area contributed by atoms with Gasteiger partial charge in [-0.1, -0.05) is 35.3 Å². The fourth-order valence-corrected chi connectivity index (χ4v) is 2.19. The summed E-state index contributed by atoms with van der Waals surface area (Å²) in [6.45, 7) is 0.420. The number of nitro groups is 1. The number of halogens is 2. The molecular weight excluding hydrogens is 341 g/mol. The van der Waals surface area contributed by atoms with E-state index in [9.17, 15) is 14.9 Å². The van der Waals surface area contributed by atoms with Crippen LogP contribution in [-0.4, -0.2) is 17.5 Å². The molecule has 2 N–H and O–H groups in total. The van der Waals surface area contributed by atoms with Gasteiger partial charge < -0.3 is 10.6 Å². The molecule has 0 heterocycles. The van der Waals surface area contributed by atoms with Crippen molar-refractivity contribution in [1.29, 1.82) is 0 Å². The van der Waals surface area contributed by atoms with Crippen molar-refractivity contribution < 1.29 is 9.72 Å². The first kappa shape index (κ1) is 17.1. The topological polar surface area (TPSA) is 84.3 Å². The number of nitro benzene ring substituents is 1. The van der Waals surface area contributed by atoms with Gasteiger partial charge in [0, 0.05) is 23.3 Å². The van der Waals surface area contributed by atoms with E-state index in [0.29, 0.717) is 23.7 Å². The highest BCUT2D eigenvalue weighted by atomic mass is 35.5. The summed E-state index contributed by atoms with van der Waals surface area (Å²) in [6, 6.07) is 10.9. The first-order valence-electron chi connectivity index (χ1n) is 6.69. The molecule has 23 heavy (non-hydrogen) atoms. The van der Waals surface area contributed by atoms with Gasteiger partial charge in [-0.2, -0.15) is 0 Å². The maximum absolute atomic E-state index is 11.8. The van der Waals surface area contributed by atoms with Gasteiger partial charge in [0.2, 0.25) is 0 Å². The first-order valence-corrected chi connectivity index (χ1v) is 7.44. The van der Waals surface area contributed by atoms with Crippen molar-refractivity contribution in [3.8, 4) is 0 Å². The Morgan fingerprint density at radius 3 is 2.48 bits per heavy atom. The maximum Gasteiger partial charge on any atom is 0.319 e. The molecule has 0 aliphatic heterocycles. The fourth-order valence-electron chi connectivity index (χ4n) is 1.88. The van der Waals surface area contributed by atoms with Crippen LogP contribution in [0.1, 0.15) is 5.56 Å². The SMILES string of the molecule is O=C(NCCc1ccc(Cl)cc1)Nc1ccc(Cl)c([N+](=O)[O-])c1. The van der Waals surface area contributed by atoms with Crippen molar-refractivity contribution >= 4 is 40.6 Å². The zero-order valence-electron chi connectivity index (χ0n) is 11.9. The number of amides is 2. The Hall–Kier alpha value is -2.31. The molecule has 2 aromatic carbocycles. The molecule has 2 aromatic rings. The third-order valence-electron chi connectivity index (χ3n) is 3.01. The minimum atomic E-state index is -0.605. The fraction of sp³-hybridized carbons (Fsp3) is 0.133. The van der Waals surface area contributed by atoms with E-state index in [1.165, 1.54) is 18.2 Å². The number of carbonyl (C=O) groups excluding carboxylic acids is 1. The van der Waals surface area contributed by atoms with Gasteiger partial charge in [0.1, 0.15) is 5.02 Å². The first-order chi connectivity index (χ1) is 11.0. The summed E-state index contributed by atoms with van der Waals surface area (Å²) in [7, 11) is 0. The quantitative estimate of drug-likeness (QED) is 0.621. The average molecular weight is 354 g/mol. The van der Waals surface area contributed by atoms with E-state index in [0.717, 1.165) is 5.56 Å². The van der Waals surface area contributed by atoms with Crippen molar-refractivity contribution in [2.24, 2.45) is 0 Å². The van der Waals surface area contributed by atoms with E-state index in [1.54, 1.807) is 12.1 Å².